The van der Waals surface area contributed by atoms with Crippen LogP contribution in [0.5, 0.6) is 11.5 Å². The van der Waals surface area contributed by atoms with Crippen LogP contribution >= 0.6 is 0 Å². The number of methoxy groups -OCH3 is 2. The highest BCUT2D eigenvalue weighted by atomic mass is 16.5. The lowest BCUT2D eigenvalue weighted by atomic mass is 9.98. The number of morpholine rings is 1. The number of benzene rings is 2. The Morgan fingerprint density at radius 2 is 1.82 bits per heavy atom. The van der Waals surface area contributed by atoms with Gasteiger partial charge in [0.1, 0.15) is 18.0 Å². The Morgan fingerprint density at radius 1 is 1.08 bits per heavy atom. The maximum absolute atomic E-state index is 13.8. The van der Waals surface area contributed by atoms with E-state index in [0.717, 1.165) is 47.8 Å². The highest BCUT2D eigenvalue weighted by Gasteiger charge is 2.34. The van der Waals surface area contributed by atoms with Gasteiger partial charge in [0.25, 0.3) is 5.91 Å². The summed E-state index contributed by atoms with van der Waals surface area (Å²) in [6.45, 7) is 6.60. The van der Waals surface area contributed by atoms with Crippen LogP contribution in [0.1, 0.15) is 36.9 Å². The number of ether oxygens (including phenoxy) is 3. The largest absolute Gasteiger partial charge is 0.497 e. The van der Waals surface area contributed by atoms with Crippen LogP contribution in [-0.2, 0) is 9.53 Å². The van der Waals surface area contributed by atoms with E-state index in [9.17, 15) is 9.59 Å². The Bertz CT molecular complexity index is 1130. The molecule has 1 atom stereocenters. The molecule has 1 fully saturated rings. The molecule has 10 nitrogen and oxygen atoms in total. The molecule has 0 radical (unpaired) electrons. The first kappa shape index (κ1) is 28.4. The zero-order chi connectivity index (χ0) is 27.6. The van der Waals surface area contributed by atoms with Gasteiger partial charge in [-0.3, -0.25) is 9.69 Å². The number of amides is 3. The molecule has 2 aromatic carbocycles. The third-order valence-corrected chi connectivity index (χ3v) is 7.00. The molecular weight excluding hydrogens is 498 g/mol. The lowest BCUT2D eigenvalue weighted by Crippen LogP contribution is -2.49. The lowest BCUT2D eigenvalue weighted by Gasteiger charge is -2.31. The second kappa shape index (κ2) is 14.0. The molecule has 3 amide bonds. The van der Waals surface area contributed by atoms with E-state index in [-0.39, 0.29) is 24.5 Å². The summed E-state index contributed by atoms with van der Waals surface area (Å²) in [5.41, 5.74) is 2.63. The molecule has 10 heteroatoms. The molecule has 210 valence electrons. The fraction of sp³-hybridized carbons (Fsp3) is 0.483. The third-order valence-electron chi connectivity index (χ3n) is 7.00. The van der Waals surface area contributed by atoms with Crippen LogP contribution in [0.3, 0.4) is 0 Å². The van der Waals surface area contributed by atoms with Crippen molar-refractivity contribution < 1.29 is 23.8 Å². The molecule has 1 unspecified atom stereocenters. The van der Waals surface area contributed by atoms with Crippen molar-refractivity contribution in [2.45, 2.75) is 25.8 Å². The molecule has 0 bridgehead atoms. The van der Waals surface area contributed by atoms with E-state index in [1.165, 1.54) is 5.01 Å². The molecule has 1 N–H and O–H groups in total. The number of hydrazone groups is 1. The first-order valence-corrected chi connectivity index (χ1v) is 13.5. The summed E-state index contributed by atoms with van der Waals surface area (Å²) in [6.07, 6.45) is 1.36. The summed E-state index contributed by atoms with van der Waals surface area (Å²) in [5, 5.41) is 9.25. The number of rotatable bonds is 11. The summed E-state index contributed by atoms with van der Waals surface area (Å²) in [5.74, 6) is 1.23. The van der Waals surface area contributed by atoms with Crippen LogP contribution in [-0.4, -0.2) is 99.2 Å². The molecule has 2 heterocycles. The maximum atomic E-state index is 13.8. The second-order valence-corrected chi connectivity index (χ2v) is 9.62. The summed E-state index contributed by atoms with van der Waals surface area (Å²) in [6, 6.07) is 14.8. The normalized spacial score (nSPS) is 17.5. The third kappa shape index (κ3) is 7.48. The van der Waals surface area contributed by atoms with Crippen molar-refractivity contribution in [3.05, 3.63) is 59.7 Å². The molecular formula is C29H39N5O5. The molecule has 0 aliphatic carbocycles. The Balaban J connectivity index is 1.56. The average Bonchev–Trinajstić information content (AvgIpc) is 3.44. The Labute approximate surface area is 230 Å². The first-order valence-electron chi connectivity index (χ1n) is 13.5. The van der Waals surface area contributed by atoms with E-state index in [2.05, 4.69) is 10.2 Å². The first-order chi connectivity index (χ1) is 19.0. The predicted octanol–water partition coefficient (Wildman–Crippen LogP) is 3.14. The quantitative estimate of drug-likeness (QED) is 0.473. The lowest BCUT2D eigenvalue weighted by molar-refractivity contribution is -0.133. The van der Waals surface area contributed by atoms with E-state index in [1.807, 2.05) is 55.5 Å². The predicted molar refractivity (Wildman–Crippen MR) is 149 cm³/mol. The number of hydrogen-bond donors (Lipinski definition) is 1. The van der Waals surface area contributed by atoms with Crippen molar-refractivity contribution in [3.8, 4) is 11.5 Å². The average molecular weight is 538 g/mol. The number of hydrogen-bond acceptors (Lipinski definition) is 7. The topological polar surface area (TPSA) is 95.9 Å². The van der Waals surface area contributed by atoms with Crippen LogP contribution in [0, 0.1) is 0 Å². The number of carbonyl (C=O) groups excluding carboxylic acids is 2. The summed E-state index contributed by atoms with van der Waals surface area (Å²) < 4.78 is 16.2. The standard InChI is InChI=1S/C29H39N5O5/c1-4-12-30-29(36)33(14-13-32-15-17-39-18-16-32)21-28(35)34-27(22-8-10-24(37-2)11-9-22)20-26(31-34)23-6-5-7-25(19-23)38-3/h5-11,19,27H,4,12-18,20-21H2,1-3H3,(H,30,36). The van der Waals surface area contributed by atoms with Crippen molar-refractivity contribution in [2.75, 3.05) is 66.7 Å². The van der Waals surface area contributed by atoms with Crippen molar-refractivity contribution in [2.24, 2.45) is 5.10 Å². The van der Waals surface area contributed by atoms with Gasteiger partial charge in [-0.1, -0.05) is 31.2 Å². The highest BCUT2D eigenvalue weighted by molar-refractivity contribution is 6.03. The van der Waals surface area contributed by atoms with Gasteiger partial charge in [0.15, 0.2) is 0 Å². The minimum absolute atomic E-state index is 0.0680. The van der Waals surface area contributed by atoms with E-state index in [1.54, 1.807) is 19.1 Å². The summed E-state index contributed by atoms with van der Waals surface area (Å²) in [7, 11) is 3.25. The van der Waals surface area contributed by atoms with Gasteiger partial charge in [-0.2, -0.15) is 5.10 Å². The molecule has 39 heavy (non-hydrogen) atoms. The van der Waals surface area contributed by atoms with Crippen LogP contribution in [0.15, 0.2) is 53.6 Å². The van der Waals surface area contributed by atoms with Gasteiger partial charge in [0.2, 0.25) is 0 Å². The Morgan fingerprint density at radius 3 is 2.51 bits per heavy atom. The Kier molecular flexibility index (Phi) is 10.2. The van der Waals surface area contributed by atoms with Crippen molar-refractivity contribution in [1.29, 1.82) is 0 Å². The summed E-state index contributed by atoms with van der Waals surface area (Å²) in [4.78, 5) is 30.7. The van der Waals surface area contributed by atoms with Crippen LogP contribution in [0.4, 0.5) is 4.79 Å². The molecule has 2 aromatic rings. The Hall–Kier alpha value is -3.63. The number of urea groups is 1. The van der Waals surface area contributed by atoms with Gasteiger partial charge in [-0.25, -0.2) is 9.80 Å². The van der Waals surface area contributed by atoms with Crippen molar-refractivity contribution in [1.82, 2.24) is 20.1 Å². The molecule has 2 aliphatic rings. The highest BCUT2D eigenvalue weighted by Crippen LogP contribution is 2.34. The monoisotopic (exact) mass is 537 g/mol. The van der Waals surface area contributed by atoms with Gasteiger partial charge in [-0.15, -0.1) is 0 Å². The van der Waals surface area contributed by atoms with Gasteiger partial charge in [0, 0.05) is 44.7 Å². The zero-order valence-electron chi connectivity index (χ0n) is 23.1. The van der Waals surface area contributed by atoms with Crippen LogP contribution < -0.4 is 14.8 Å². The minimum atomic E-state index is -0.301. The zero-order valence-corrected chi connectivity index (χ0v) is 23.1. The van der Waals surface area contributed by atoms with E-state index >= 15 is 0 Å². The van der Waals surface area contributed by atoms with E-state index in [0.29, 0.717) is 39.3 Å². The van der Waals surface area contributed by atoms with E-state index in [4.69, 9.17) is 19.3 Å². The second-order valence-electron chi connectivity index (χ2n) is 9.62. The van der Waals surface area contributed by atoms with Crippen molar-refractivity contribution >= 4 is 17.6 Å². The number of nitrogens with zero attached hydrogens (tertiary/aromatic N) is 4. The molecule has 1 saturated heterocycles. The number of nitrogens with one attached hydrogen (secondary N) is 1. The smallest absolute Gasteiger partial charge is 0.317 e. The minimum Gasteiger partial charge on any atom is -0.497 e. The fourth-order valence-electron chi connectivity index (χ4n) is 4.72. The van der Waals surface area contributed by atoms with E-state index < -0.39 is 0 Å². The molecule has 4 rings (SSSR count). The van der Waals surface area contributed by atoms with Crippen molar-refractivity contribution in [3.63, 3.8) is 0 Å². The summed E-state index contributed by atoms with van der Waals surface area (Å²) >= 11 is 0. The van der Waals surface area contributed by atoms with Crippen LogP contribution in [0.25, 0.3) is 0 Å². The van der Waals surface area contributed by atoms with Gasteiger partial charge >= 0.3 is 6.03 Å². The molecule has 2 aliphatic heterocycles. The van der Waals surface area contributed by atoms with Crippen LogP contribution in [0.2, 0.25) is 0 Å². The molecule has 0 aromatic heterocycles. The molecule has 0 spiro atoms. The number of carbonyl (C=O) groups is 2. The maximum Gasteiger partial charge on any atom is 0.317 e. The fourth-order valence-corrected chi connectivity index (χ4v) is 4.72. The van der Waals surface area contributed by atoms with Gasteiger partial charge in [0.05, 0.1) is 39.2 Å². The van der Waals surface area contributed by atoms with Gasteiger partial charge in [-0.05, 0) is 36.2 Å². The molecule has 0 saturated carbocycles. The SMILES string of the molecule is CCCNC(=O)N(CCN1CCOCC1)CC(=O)N1N=C(c2cccc(OC)c2)CC1c1ccc(OC)cc1. The van der Waals surface area contributed by atoms with Gasteiger partial charge < -0.3 is 24.4 Å².